The van der Waals surface area contributed by atoms with E-state index in [1.807, 2.05) is 25.1 Å². The largest absolute Gasteiger partial charge is 0.484 e. The Hall–Kier alpha value is -1.13. The SMILES string of the molecule is CC1COc2c(cccc2N2CCNCC2Cl)O1. The van der Waals surface area contributed by atoms with Gasteiger partial charge >= 0.3 is 0 Å². The average Bonchev–Trinajstić information content (AvgIpc) is 2.38. The van der Waals surface area contributed by atoms with Crippen LogP contribution >= 0.6 is 11.6 Å². The van der Waals surface area contributed by atoms with E-state index >= 15 is 0 Å². The van der Waals surface area contributed by atoms with Gasteiger partial charge in [-0.2, -0.15) is 0 Å². The number of hydrogen-bond donors (Lipinski definition) is 1. The molecule has 2 aliphatic rings. The van der Waals surface area contributed by atoms with Crippen LogP contribution in [-0.4, -0.2) is 37.8 Å². The maximum absolute atomic E-state index is 6.36. The summed E-state index contributed by atoms with van der Waals surface area (Å²) in [6, 6.07) is 5.97. The zero-order valence-corrected chi connectivity index (χ0v) is 11.1. The molecule has 0 radical (unpaired) electrons. The van der Waals surface area contributed by atoms with E-state index in [1.54, 1.807) is 0 Å². The third-order valence-corrected chi connectivity index (χ3v) is 3.63. The van der Waals surface area contributed by atoms with Gasteiger partial charge in [0.2, 0.25) is 0 Å². The van der Waals surface area contributed by atoms with E-state index in [0.717, 1.165) is 36.8 Å². The van der Waals surface area contributed by atoms with Gasteiger partial charge < -0.3 is 19.7 Å². The summed E-state index contributed by atoms with van der Waals surface area (Å²) in [5.74, 6) is 1.64. The summed E-state index contributed by atoms with van der Waals surface area (Å²) in [4.78, 5) is 2.16. The van der Waals surface area contributed by atoms with Gasteiger partial charge in [-0.25, -0.2) is 0 Å². The molecule has 0 aromatic heterocycles. The molecule has 0 bridgehead atoms. The van der Waals surface area contributed by atoms with E-state index in [-0.39, 0.29) is 11.6 Å². The van der Waals surface area contributed by atoms with Crippen LogP contribution in [-0.2, 0) is 0 Å². The van der Waals surface area contributed by atoms with Gasteiger partial charge in [0.15, 0.2) is 11.5 Å². The zero-order valence-electron chi connectivity index (χ0n) is 10.4. The van der Waals surface area contributed by atoms with Gasteiger partial charge in [-0.1, -0.05) is 17.7 Å². The molecule has 1 aromatic rings. The van der Waals surface area contributed by atoms with Crippen molar-refractivity contribution in [3.63, 3.8) is 0 Å². The molecule has 0 amide bonds. The van der Waals surface area contributed by atoms with Crippen molar-refractivity contribution in [1.29, 1.82) is 0 Å². The Morgan fingerprint density at radius 2 is 2.33 bits per heavy atom. The Balaban J connectivity index is 1.94. The molecular formula is C13H17ClN2O2. The number of halogens is 1. The summed E-state index contributed by atoms with van der Waals surface area (Å²) in [5, 5.41) is 3.28. The molecule has 2 unspecified atom stereocenters. The molecule has 1 saturated heterocycles. The third-order valence-electron chi connectivity index (χ3n) is 3.24. The van der Waals surface area contributed by atoms with Crippen LogP contribution in [0.2, 0.25) is 0 Å². The smallest absolute Gasteiger partial charge is 0.184 e. The zero-order chi connectivity index (χ0) is 12.5. The summed E-state index contributed by atoms with van der Waals surface area (Å²) in [7, 11) is 0. The Kier molecular flexibility index (Phi) is 3.22. The number of rotatable bonds is 1. The highest BCUT2D eigenvalue weighted by molar-refractivity contribution is 6.22. The van der Waals surface area contributed by atoms with E-state index in [1.165, 1.54) is 0 Å². The molecule has 18 heavy (non-hydrogen) atoms. The minimum atomic E-state index is -0.0480. The Labute approximate surface area is 112 Å². The van der Waals surface area contributed by atoms with E-state index in [9.17, 15) is 0 Å². The van der Waals surface area contributed by atoms with E-state index in [2.05, 4.69) is 10.2 Å². The molecule has 4 nitrogen and oxygen atoms in total. The fourth-order valence-electron chi connectivity index (χ4n) is 2.36. The highest BCUT2D eigenvalue weighted by atomic mass is 35.5. The normalized spacial score (nSPS) is 27.1. The molecule has 98 valence electrons. The molecule has 2 aliphatic heterocycles. The fraction of sp³-hybridized carbons (Fsp3) is 0.538. The van der Waals surface area contributed by atoms with Crippen molar-refractivity contribution in [2.45, 2.75) is 18.5 Å². The van der Waals surface area contributed by atoms with Crippen LogP contribution < -0.4 is 19.7 Å². The second-order valence-corrected chi connectivity index (χ2v) is 5.18. The maximum Gasteiger partial charge on any atom is 0.184 e. The van der Waals surface area contributed by atoms with E-state index in [0.29, 0.717) is 6.61 Å². The van der Waals surface area contributed by atoms with Crippen molar-refractivity contribution < 1.29 is 9.47 Å². The van der Waals surface area contributed by atoms with Crippen molar-refractivity contribution in [1.82, 2.24) is 5.32 Å². The minimum absolute atomic E-state index is 0.0480. The van der Waals surface area contributed by atoms with Gasteiger partial charge in [-0.15, -0.1) is 0 Å². The molecule has 1 aromatic carbocycles. The van der Waals surface area contributed by atoms with E-state index in [4.69, 9.17) is 21.1 Å². The number of fused-ring (bicyclic) bond motifs is 1. The lowest BCUT2D eigenvalue weighted by Gasteiger charge is -2.36. The Bertz CT molecular complexity index is 441. The monoisotopic (exact) mass is 268 g/mol. The summed E-state index contributed by atoms with van der Waals surface area (Å²) < 4.78 is 11.6. The molecular weight excluding hydrogens is 252 g/mol. The molecule has 3 rings (SSSR count). The molecule has 2 heterocycles. The van der Waals surface area contributed by atoms with Crippen LogP contribution in [0.1, 0.15) is 6.92 Å². The molecule has 0 aliphatic carbocycles. The topological polar surface area (TPSA) is 33.7 Å². The van der Waals surface area contributed by atoms with Crippen molar-refractivity contribution >= 4 is 17.3 Å². The lowest BCUT2D eigenvalue weighted by Crippen LogP contribution is -2.49. The summed E-state index contributed by atoms with van der Waals surface area (Å²) in [6.07, 6.45) is 0.0996. The van der Waals surface area contributed by atoms with Crippen LogP contribution in [0, 0.1) is 0 Å². The molecule has 1 N–H and O–H groups in total. The standard InChI is InChI=1S/C13H17ClN2O2/c1-9-8-17-13-10(3-2-4-11(13)18-9)16-6-5-15-7-12(16)14/h2-4,9,12,15H,5-8H2,1H3. The number of nitrogens with one attached hydrogen (secondary N) is 1. The maximum atomic E-state index is 6.36. The quantitative estimate of drug-likeness (QED) is 0.622. The van der Waals surface area contributed by atoms with Crippen molar-refractivity contribution in [3.8, 4) is 11.5 Å². The Morgan fingerprint density at radius 3 is 3.17 bits per heavy atom. The number of alkyl halides is 1. The van der Waals surface area contributed by atoms with Gasteiger partial charge in [0, 0.05) is 19.6 Å². The average molecular weight is 269 g/mol. The fourth-order valence-corrected chi connectivity index (χ4v) is 2.67. The first-order chi connectivity index (χ1) is 8.75. The predicted molar refractivity (Wildman–Crippen MR) is 71.9 cm³/mol. The number of anilines is 1. The third kappa shape index (κ3) is 2.10. The van der Waals surface area contributed by atoms with Crippen LogP contribution in [0.25, 0.3) is 0 Å². The molecule has 5 heteroatoms. The molecule has 1 fully saturated rings. The van der Waals surface area contributed by atoms with Crippen LogP contribution in [0.5, 0.6) is 11.5 Å². The number of piperazine rings is 1. The van der Waals surface area contributed by atoms with E-state index < -0.39 is 0 Å². The number of hydrogen-bond acceptors (Lipinski definition) is 4. The molecule has 2 atom stereocenters. The first-order valence-electron chi connectivity index (χ1n) is 6.29. The van der Waals surface area contributed by atoms with Gasteiger partial charge in [-0.05, 0) is 19.1 Å². The van der Waals surface area contributed by atoms with Crippen LogP contribution in [0.3, 0.4) is 0 Å². The van der Waals surface area contributed by atoms with Crippen molar-refractivity contribution in [2.24, 2.45) is 0 Å². The highest BCUT2D eigenvalue weighted by Crippen LogP contribution is 2.41. The number of para-hydroxylation sites is 1. The Morgan fingerprint density at radius 1 is 1.44 bits per heavy atom. The van der Waals surface area contributed by atoms with Gasteiger partial charge in [0.05, 0.1) is 5.69 Å². The predicted octanol–water partition coefficient (Wildman–Crippen LogP) is 1.82. The highest BCUT2D eigenvalue weighted by Gasteiger charge is 2.27. The summed E-state index contributed by atoms with van der Waals surface area (Å²) >= 11 is 6.36. The van der Waals surface area contributed by atoms with Crippen LogP contribution in [0.4, 0.5) is 5.69 Å². The first kappa shape index (κ1) is 11.9. The number of ether oxygens (including phenoxy) is 2. The second kappa shape index (κ2) is 4.86. The lowest BCUT2D eigenvalue weighted by atomic mass is 10.2. The molecule has 0 spiro atoms. The lowest BCUT2D eigenvalue weighted by molar-refractivity contribution is 0.104. The van der Waals surface area contributed by atoms with Crippen molar-refractivity contribution in [2.75, 3.05) is 31.1 Å². The number of nitrogens with zero attached hydrogens (tertiary/aromatic N) is 1. The number of benzene rings is 1. The van der Waals surface area contributed by atoms with Crippen molar-refractivity contribution in [3.05, 3.63) is 18.2 Å². The minimum Gasteiger partial charge on any atom is -0.484 e. The van der Waals surface area contributed by atoms with Gasteiger partial charge in [0.1, 0.15) is 18.2 Å². The molecule has 0 saturated carbocycles. The van der Waals surface area contributed by atoms with Gasteiger partial charge in [0.25, 0.3) is 0 Å². The first-order valence-corrected chi connectivity index (χ1v) is 6.73. The summed E-state index contributed by atoms with van der Waals surface area (Å²) in [6.45, 7) is 5.18. The summed E-state index contributed by atoms with van der Waals surface area (Å²) in [5.41, 5.74) is 0.981. The van der Waals surface area contributed by atoms with Crippen LogP contribution in [0.15, 0.2) is 18.2 Å². The second-order valence-electron chi connectivity index (χ2n) is 4.68. The van der Waals surface area contributed by atoms with Gasteiger partial charge in [-0.3, -0.25) is 0 Å².